The largest absolute Gasteiger partial charge is 0.497 e. The van der Waals surface area contributed by atoms with Crippen LogP contribution in [0, 0.1) is 0 Å². The van der Waals surface area contributed by atoms with Gasteiger partial charge in [-0.2, -0.15) is 0 Å². The molecule has 0 aromatic heterocycles. The minimum absolute atomic E-state index is 0.0413. The van der Waals surface area contributed by atoms with Crippen molar-refractivity contribution in [2.75, 3.05) is 39.9 Å². The number of amides is 1. The van der Waals surface area contributed by atoms with Gasteiger partial charge in [-0.05, 0) is 66.5 Å². The third-order valence-corrected chi connectivity index (χ3v) is 6.19. The molecular weight excluding hydrogens is 372 g/mol. The molecule has 0 radical (unpaired) electrons. The smallest absolute Gasteiger partial charge is 0.255 e. The van der Waals surface area contributed by atoms with Crippen LogP contribution in [0.5, 0.6) is 5.75 Å². The maximum Gasteiger partial charge on any atom is 0.255 e. The van der Waals surface area contributed by atoms with Crippen LogP contribution in [-0.2, 0) is 4.74 Å². The van der Waals surface area contributed by atoms with Gasteiger partial charge in [0.15, 0.2) is 0 Å². The number of hydrogen-bond acceptors (Lipinski definition) is 4. The average Bonchev–Trinajstić information content (AvgIpc) is 3.22. The molecule has 1 atom stereocenters. The SMILES string of the molecule is COc1ccc(Br)c(C(=O)N2CC3(CC(N4CCCC4)CO3)C2)c1. The molecule has 3 aliphatic rings. The van der Waals surface area contributed by atoms with Gasteiger partial charge >= 0.3 is 0 Å². The predicted octanol–water partition coefficient (Wildman–Crippen LogP) is 2.54. The molecule has 3 saturated heterocycles. The molecular formula is C18H23BrN2O3. The minimum atomic E-state index is -0.117. The molecule has 130 valence electrons. The zero-order valence-electron chi connectivity index (χ0n) is 14.0. The standard InChI is InChI=1S/C18H23BrN2O3/c1-23-14-4-5-16(19)15(8-14)17(22)21-11-18(12-21)9-13(10-24-18)20-6-2-3-7-20/h4-5,8,13H,2-3,6-7,9-12H2,1H3. The number of hydrogen-bond donors (Lipinski definition) is 0. The van der Waals surface area contributed by atoms with Gasteiger partial charge in [0.25, 0.3) is 5.91 Å². The van der Waals surface area contributed by atoms with Gasteiger partial charge in [-0.3, -0.25) is 9.69 Å². The molecule has 24 heavy (non-hydrogen) atoms. The van der Waals surface area contributed by atoms with E-state index in [0.717, 1.165) is 17.5 Å². The Balaban J connectivity index is 1.39. The van der Waals surface area contributed by atoms with E-state index in [1.165, 1.54) is 25.9 Å². The second-order valence-corrected chi connectivity index (χ2v) is 7.96. The first kappa shape index (κ1) is 16.4. The minimum Gasteiger partial charge on any atom is -0.497 e. The lowest BCUT2D eigenvalue weighted by Gasteiger charge is -2.47. The Morgan fingerprint density at radius 1 is 1.33 bits per heavy atom. The van der Waals surface area contributed by atoms with Crippen LogP contribution in [-0.4, -0.2) is 67.2 Å². The molecule has 0 N–H and O–H groups in total. The summed E-state index contributed by atoms with van der Waals surface area (Å²) in [5.41, 5.74) is 0.534. The van der Waals surface area contributed by atoms with Crippen LogP contribution in [0.4, 0.5) is 0 Å². The lowest BCUT2D eigenvalue weighted by Crippen LogP contribution is -2.63. The van der Waals surface area contributed by atoms with Crippen LogP contribution >= 0.6 is 15.9 Å². The summed E-state index contributed by atoms with van der Waals surface area (Å²) in [6.45, 7) is 4.59. The Morgan fingerprint density at radius 2 is 2.08 bits per heavy atom. The van der Waals surface area contributed by atoms with E-state index in [2.05, 4.69) is 20.8 Å². The normalized spacial score (nSPS) is 25.9. The van der Waals surface area contributed by atoms with E-state index >= 15 is 0 Å². The number of methoxy groups -OCH3 is 1. The van der Waals surface area contributed by atoms with Gasteiger partial charge < -0.3 is 14.4 Å². The monoisotopic (exact) mass is 394 g/mol. The third-order valence-electron chi connectivity index (χ3n) is 5.50. The Kier molecular flexibility index (Phi) is 4.31. The highest BCUT2D eigenvalue weighted by Crippen LogP contribution is 2.39. The quantitative estimate of drug-likeness (QED) is 0.789. The average molecular weight is 395 g/mol. The van der Waals surface area contributed by atoms with E-state index in [-0.39, 0.29) is 11.5 Å². The van der Waals surface area contributed by atoms with Crippen molar-refractivity contribution in [2.24, 2.45) is 0 Å². The maximum atomic E-state index is 12.8. The Hall–Kier alpha value is -1.11. The highest BCUT2D eigenvalue weighted by atomic mass is 79.9. The fourth-order valence-corrected chi connectivity index (χ4v) is 4.56. The molecule has 3 aliphatic heterocycles. The van der Waals surface area contributed by atoms with Crippen LogP contribution in [0.25, 0.3) is 0 Å². The molecule has 6 heteroatoms. The van der Waals surface area contributed by atoms with Gasteiger partial charge in [-0.1, -0.05) is 0 Å². The highest BCUT2D eigenvalue weighted by molar-refractivity contribution is 9.10. The van der Waals surface area contributed by atoms with Crippen molar-refractivity contribution in [3.05, 3.63) is 28.2 Å². The van der Waals surface area contributed by atoms with Gasteiger partial charge in [0, 0.05) is 10.5 Å². The number of likely N-dealkylation sites (tertiary alicyclic amines) is 2. The molecule has 3 fully saturated rings. The first-order valence-electron chi connectivity index (χ1n) is 8.61. The van der Waals surface area contributed by atoms with Crippen LogP contribution in [0.1, 0.15) is 29.6 Å². The molecule has 1 amide bonds. The number of carbonyl (C=O) groups excluding carboxylic acids is 1. The molecule has 0 aliphatic carbocycles. The molecule has 4 rings (SSSR count). The molecule has 1 spiro atoms. The summed E-state index contributed by atoms with van der Waals surface area (Å²) >= 11 is 3.47. The highest BCUT2D eigenvalue weighted by Gasteiger charge is 2.52. The van der Waals surface area contributed by atoms with Crippen molar-refractivity contribution in [1.29, 1.82) is 0 Å². The van der Waals surface area contributed by atoms with Gasteiger partial charge in [0.2, 0.25) is 0 Å². The van der Waals surface area contributed by atoms with Crippen molar-refractivity contribution < 1.29 is 14.3 Å². The summed E-state index contributed by atoms with van der Waals surface area (Å²) in [6, 6.07) is 6.03. The Labute approximate surface area is 151 Å². The van der Waals surface area contributed by atoms with Crippen molar-refractivity contribution in [3.63, 3.8) is 0 Å². The first-order valence-corrected chi connectivity index (χ1v) is 9.40. The van der Waals surface area contributed by atoms with Crippen molar-refractivity contribution >= 4 is 21.8 Å². The van der Waals surface area contributed by atoms with Gasteiger partial charge in [-0.25, -0.2) is 0 Å². The van der Waals surface area contributed by atoms with E-state index in [0.29, 0.717) is 30.4 Å². The van der Waals surface area contributed by atoms with Crippen LogP contribution in [0.15, 0.2) is 22.7 Å². The lowest BCUT2D eigenvalue weighted by atomic mass is 9.88. The van der Waals surface area contributed by atoms with Crippen molar-refractivity contribution in [2.45, 2.75) is 30.9 Å². The van der Waals surface area contributed by atoms with Gasteiger partial charge in [-0.15, -0.1) is 0 Å². The summed E-state index contributed by atoms with van der Waals surface area (Å²) in [4.78, 5) is 17.2. The number of benzene rings is 1. The number of nitrogens with zero attached hydrogens (tertiary/aromatic N) is 2. The second kappa shape index (κ2) is 6.32. The van der Waals surface area contributed by atoms with Crippen LogP contribution < -0.4 is 4.74 Å². The van der Waals surface area contributed by atoms with Crippen molar-refractivity contribution in [1.82, 2.24) is 9.80 Å². The second-order valence-electron chi connectivity index (χ2n) is 7.10. The Morgan fingerprint density at radius 3 is 2.79 bits per heavy atom. The van der Waals surface area contributed by atoms with Crippen molar-refractivity contribution in [3.8, 4) is 5.75 Å². The van der Waals surface area contributed by atoms with Crippen LogP contribution in [0.3, 0.4) is 0 Å². The zero-order chi connectivity index (χ0) is 16.7. The van der Waals surface area contributed by atoms with E-state index in [9.17, 15) is 4.79 Å². The fourth-order valence-electron chi connectivity index (χ4n) is 4.14. The number of rotatable bonds is 3. The third kappa shape index (κ3) is 2.85. The number of carbonyl (C=O) groups is 1. The van der Waals surface area contributed by atoms with Gasteiger partial charge in [0.1, 0.15) is 11.4 Å². The Bertz CT molecular complexity index is 639. The zero-order valence-corrected chi connectivity index (χ0v) is 15.5. The van der Waals surface area contributed by atoms with E-state index in [1.807, 2.05) is 17.0 Å². The fraction of sp³-hybridized carbons (Fsp3) is 0.611. The molecule has 3 heterocycles. The number of halogens is 1. The summed E-state index contributed by atoms with van der Waals surface area (Å²) in [6.07, 6.45) is 3.66. The summed E-state index contributed by atoms with van der Waals surface area (Å²) in [7, 11) is 1.61. The molecule has 0 bridgehead atoms. The van der Waals surface area contributed by atoms with E-state index < -0.39 is 0 Å². The first-order chi connectivity index (χ1) is 11.6. The molecule has 1 aromatic rings. The van der Waals surface area contributed by atoms with Crippen LogP contribution in [0.2, 0.25) is 0 Å². The van der Waals surface area contributed by atoms with Gasteiger partial charge in [0.05, 0.1) is 32.4 Å². The molecule has 1 aromatic carbocycles. The molecule has 1 unspecified atom stereocenters. The van der Waals surface area contributed by atoms with E-state index in [4.69, 9.17) is 9.47 Å². The predicted molar refractivity (Wildman–Crippen MR) is 94.5 cm³/mol. The lowest BCUT2D eigenvalue weighted by molar-refractivity contribution is -0.0951. The topological polar surface area (TPSA) is 42.0 Å². The maximum absolute atomic E-state index is 12.8. The molecule has 0 saturated carbocycles. The summed E-state index contributed by atoms with van der Waals surface area (Å²) in [5, 5.41) is 0. The summed E-state index contributed by atoms with van der Waals surface area (Å²) < 4.78 is 12.2. The summed E-state index contributed by atoms with van der Waals surface area (Å²) in [5.74, 6) is 0.739. The van der Waals surface area contributed by atoms with E-state index in [1.54, 1.807) is 13.2 Å². The molecule has 5 nitrogen and oxygen atoms in total. The number of ether oxygens (including phenoxy) is 2.